The SMILES string of the molecule is Cc1ncc(C(=O)Nc2cc(F)cc(F)c2)c(C(C)C)n1. The second-order valence-corrected chi connectivity index (χ2v) is 4.98. The van der Waals surface area contributed by atoms with Gasteiger partial charge >= 0.3 is 0 Å². The Morgan fingerprint density at radius 3 is 2.38 bits per heavy atom. The van der Waals surface area contributed by atoms with Gasteiger partial charge < -0.3 is 5.32 Å². The van der Waals surface area contributed by atoms with Gasteiger partial charge in [0.25, 0.3) is 5.91 Å². The monoisotopic (exact) mass is 291 g/mol. The van der Waals surface area contributed by atoms with Crippen LogP contribution in [-0.2, 0) is 0 Å². The van der Waals surface area contributed by atoms with Crippen LogP contribution in [0.5, 0.6) is 0 Å². The molecular weight excluding hydrogens is 276 g/mol. The van der Waals surface area contributed by atoms with Crippen molar-refractivity contribution in [1.29, 1.82) is 0 Å². The molecule has 2 aromatic rings. The Bertz CT molecular complexity index is 666. The van der Waals surface area contributed by atoms with Crippen molar-refractivity contribution in [3.8, 4) is 0 Å². The van der Waals surface area contributed by atoms with Gasteiger partial charge in [-0.15, -0.1) is 0 Å². The van der Waals surface area contributed by atoms with Gasteiger partial charge in [-0.1, -0.05) is 13.8 Å². The van der Waals surface area contributed by atoms with Gasteiger partial charge in [-0.25, -0.2) is 18.7 Å². The molecule has 1 N–H and O–H groups in total. The number of carbonyl (C=O) groups is 1. The second kappa shape index (κ2) is 5.95. The van der Waals surface area contributed by atoms with Crippen LogP contribution < -0.4 is 5.32 Å². The Morgan fingerprint density at radius 2 is 1.81 bits per heavy atom. The zero-order valence-corrected chi connectivity index (χ0v) is 11.9. The van der Waals surface area contributed by atoms with Crippen molar-refractivity contribution in [1.82, 2.24) is 9.97 Å². The average Bonchev–Trinajstić information content (AvgIpc) is 2.36. The van der Waals surface area contributed by atoms with Crippen LogP contribution in [0, 0.1) is 18.6 Å². The summed E-state index contributed by atoms with van der Waals surface area (Å²) in [6.45, 7) is 5.54. The van der Waals surface area contributed by atoms with Crippen LogP contribution in [0.2, 0.25) is 0 Å². The maximum atomic E-state index is 13.1. The molecule has 6 heteroatoms. The zero-order chi connectivity index (χ0) is 15.6. The summed E-state index contributed by atoms with van der Waals surface area (Å²) in [6, 6.07) is 2.83. The second-order valence-electron chi connectivity index (χ2n) is 4.98. The van der Waals surface area contributed by atoms with Gasteiger partial charge in [-0.2, -0.15) is 0 Å². The number of hydrogen-bond acceptors (Lipinski definition) is 3. The molecule has 1 aromatic heterocycles. The molecule has 0 radical (unpaired) electrons. The fraction of sp³-hybridized carbons (Fsp3) is 0.267. The van der Waals surface area contributed by atoms with Crippen molar-refractivity contribution in [2.75, 3.05) is 5.32 Å². The van der Waals surface area contributed by atoms with Gasteiger partial charge in [-0.3, -0.25) is 4.79 Å². The van der Waals surface area contributed by atoms with Crippen molar-refractivity contribution in [3.63, 3.8) is 0 Å². The first-order valence-electron chi connectivity index (χ1n) is 6.48. The summed E-state index contributed by atoms with van der Waals surface area (Å²) in [5, 5.41) is 2.46. The maximum Gasteiger partial charge on any atom is 0.259 e. The van der Waals surface area contributed by atoms with Crippen molar-refractivity contribution >= 4 is 11.6 Å². The lowest BCUT2D eigenvalue weighted by Crippen LogP contribution is -2.17. The molecule has 1 heterocycles. The van der Waals surface area contributed by atoms with Gasteiger partial charge in [0.05, 0.1) is 11.3 Å². The smallest absolute Gasteiger partial charge is 0.259 e. The van der Waals surface area contributed by atoms with Crippen molar-refractivity contribution in [2.45, 2.75) is 26.7 Å². The van der Waals surface area contributed by atoms with E-state index in [1.54, 1.807) is 6.92 Å². The lowest BCUT2D eigenvalue weighted by atomic mass is 10.0. The van der Waals surface area contributed by atoms with Gasteiger partial charge in [0.15, 0.2) is 0 Å². The molecule has 0 unspecified atom stereocenters. The largest absolute Gasteiger partial charge is 0.322 e. The molecule has 0 fully saturated rings. The minimum Gasteiger partial charge on any atom is -0.322 e. The van der Waals surface area contributed by atoms with Gasteiger partial charge in [-0.05, 0) is 25.0 Å². The number of nitrogens with zero attached hydrogens (tertiary/aromatic N) is 2. The first-order chi connectivity index (χ1) is 9.86. The van der Waals surface area contributed by atoms with Crippen LogP contribution in [-0.4, -0.2) is 15.9 Å². The van der Waals surface area contributed by atoms with Crippen molar-refractivity contribution in [3.05, 3.63) is 53.1 Å². The number of amides is 1. The third-order valence-corrected chi connectivity index (χ3v) is 2.85. The number of halogens is 2. The molecular formula is C15H15F2N3O. The molecule has 0 aliphatic heterocycles. The van der Waals surface area contributed by atoms with Crippen LogP contribution in [0.15, 0.2) is 24.4 Å². The van der Waals surface area contributed by atoms with E-state index in [-0.39, 0.29) is 11.6 Å². The molecule has 0 saturated heterocycles. The van der Waals surface area contributed by atoms with E-state index in [9.17, 15) is 13.6 Å². The number of anilines is 1. The summed E-state index contributed by atoms with van der Waals surface area (Å²) < 4.78 is 26.3. The first-order valence-corrected chi connectivity index (χ1v) is 6.48. The fourth-order valence-corrected chi connectivity index (χ4v) is 1.93. The number of aromatic nitrogens is 2. The molecule has 0 aliphatic carbocycles. The molecule has 0 aliphatic rings. The van der Waals surface area contributed by atoms with E-state index in [4.69, 9.17) is 0 Å². The normalized spacial score (nSPS) is 10.8. The van der Waals surface area contributed by atoms with E-state index in [1.807, 2.05) is 13.8 Å². The Labute approximate surface area is 121 Å². The lowest BCUT2D eigenvalue weighted by Gasteiger charge is -2.12. The highest BCUT2D eigenvalue weighted by Crippen LogP contribution is 2.19. The predicted octanol–water partition coefficient (Wildman–Crippen LogP) is 3.44. The summed E-state index contributed by atoms with van der Waals surface area (Å²) in [5.41, 5.74) is 0.935. The van der Waals surface area contributed by atoms with Gasteiger partial charge in [0.2, 0.25) is 0 Å². The van der Waals surface area contributed by atoms with Gasteiger partial charge in [0.1, 0.15) is 17.5 Å². The number of hydrogen-bond donors (Lipinski definition) is 1. The number of carbonyl (C=O) groups excluding carboxylic acids is 1. The highest BCUT2D eigenvalue weighted by molar-refractivity contribution is 6.04. The van der Waals surface area contributed by atoms with Crippen LogP contribution in [0.3, 0.4) is 0 Å². The Hall–Kier alpha value is -2.37. The van der Waals surface area contributed by atoms with Crippen molar-refractivity contribution < 1.29 is 13.6 Å². The molecule has 21 heavy (non-hydrogen) atoms. The van der Waals surface area contributed by atoms with Crippen LogP contribution in [0.4, 0.5) is 14.5 Å². The highest BCUT2D eigenvalue weighted by atomic mass is 19.1. The molecule has 0 spiro atoms. The molecule has 1 aromatic carbocycles. The summed E-state index contributed by atoms with van der Waals surface area (Å²) >= 11 is 0. The predicted molar refractivity (Wildman–Crippen MR) is 75.2 cm³/mol. The lowest BCUT2D eigenvalue weighted by molar-refractivity contribution is 0.102. The van der Waals surface area contributed by atoms with E-state index >= 15 is 0 Å². The number of nitrogens with one attached hydrogen (secondary N) is 1. The minimum atomic E-state index is -0.755. The van der Waals surface area contributed by atoms with Crippen LogP contribution in [0.1, 0.15) is 41.6 Å². The minimum absolute atomic E-state index is 0.0247. The molecule has 0 atom stereocenters. The zero-order valence-electron chi connectivity index (χ0n) is 11.9. The quantitative estimate of drug-likeness (QED) is 0.942. The molecule has 0 saturated carbocycles. The van der Waals surface area contributed by atoms with Crippen LogP contribution in [0.25, 0.3) is 0 Å². The van der Waals surface area contributed by atoms with E-state index in [2.05, 4.69) is 15.3 Å². The van der Waals surface area contributed by atoms with E-state index < -0.39 is 17.5 Å². The Kier molecular flexibility index (Phi) is 4.26. The number of rotatable bonds is 3. The molecule has 1 amide bonds. The third kappa shape index (κ3) is 3.59. The molecule has 4 nitrogen and oxygen atoms in total. The Morgan fingerprint density at radius 1 is 1.19 bits per heavy atom. The standard InChI is InChI=1S/C15H15F2N3O/c1-8(2)14-13(7-18-9(3)19-14)15(21)20-12-5-10(16)4-11(17)6-12/h4-8H,1-3H3,(H,20,21). The van der Waals surface area contributed by atoms with Gasteiger partial charge in [0, 0.05) is 18.0 Å². The average molecular weight is 291 g/mol. The molecule has 110 valence electrons. The summed E-state index contributed by atoms with van der Waals surface area (Å²) in [6.07, 6.45) is 1.42. The fourth-order valence-electron chi connectivity index (χ4n) is 1.93. The number of benzene rings is 1. The molecule has 2 rings (SSSR count). The van der Waals surface area contributed by atoms with Crippen molar-refractivity contribution in [2.24, 2.45) is 0 Å². The number of aryl methyl sites for hydroxylation is 1. The summed E-state index contributed by atoms with van der Waals surface area (Å²) in [5.74, 6) is -1.42. The first kappa shape index (κ1) is 15.0. The maximum absolute atomic E-state index is 13.1. The van der Waals surface area contributed by atoms with Crippen LogP contribution >= 0.6 is 0 Å². The topological polar surface area (TPSA) is 54.9 Å². The highest BCUT2D eigenvalue weighted by Gasteiger charge is 2.17. The summed E-state index contributed by atoms with van der Waals surface area (Å²) in [7, 11) is 0. The Balaban J connectivity index is 2.32. The summed E-state index contributed by atoms with van der Waals surface area (Å²) in [4.78, 5) is 20.5. The van der Waals surface area contributed by atoms with E-state index in [0.29, 0.717) is 17.1 Å². The van der Waals surface area contributed by atoms with E-state index in [0.717, 1.165) is 18.2 Å². The third-order valence-electron chi connectivity index (χ3n) is 2.85. The molecule has 0 bridgehead atoms. The van der Waals surface area contributed by atoms with E-state index in [1.165, 1.54) is 6.20 Å².